The summed E-state index contributed by atoms with van der Waals surface area (Å²) in [7, 11) is 0. The van der Waals surface area contributed by atoms with E-state index in [1.165, 1.54) is 19.1 Å². The number of carboxylic acids is 1. The van der Waals surface area contributed by atoms with Crippen molar-refractivity contribution in [1.82, 2.24) is 0 Å². The zero-order chi connectivity index (χ0) is 21.7. The molecule has 30 heavy (non-hydrogen) atoms. The average Bonchev–Trinajstić information content (AvgIpc) is 3.20. The predicted molar refractivity (Wildman–Crippen MR) is 117 cm³/mol. The highest BCUT2D eigenvalue weighted by molar-refractivity contribution is 6.16. The van der Waals surface area contributed by atoms with Crippen LogP contribution in [0.25, 0.3) is 11.0 Å². The molecule has 0 radical (unpaired) electrons. The van der Waals surface area contributed by atoms with Gasteiger partial charge in [0.1, 0.15) is 11.3 Å². The molecule has 2 aromatic carbocycles. The quantitative estimate of drug-likeness (QED) is 0.323. The minimum absolute atomic E-state index is 0.193. The molecule has 0 aliphatic heterocycles. The lowest BCUT2D eigenvalue weighted by molar-refractivity contribution is -0.138. The largest absolute Gasteiger partial charge is 0.494 e. The number of unbranched alkanes of at least 4 members (excludes halogenated alkanes) is 3. The smallest absolute Gasteiger partial charge is 0.310 e. The van der Waals surface area contributed by atoms with Gasteiger partial charge < -0.3 is 14.3 Å². The molecule has 3 aromatic rings. The summed E-state index contributed by atoms with van der Waals surface area (Å²) in [5, 5.41) is 10.2. The van der Waals surface area contributed by atoms with Gasteiger partial charge in [-0.05, 0) is 67.8 Å². The molecule has 5 nitrogen and oxygen atoms in total. The lowest BCUT2D eigenvalue weighted by atomic mass is 9.88. The SMILES string of the molecule is CCCCCCOc1ccc(C(=O)c2c(C)c(C(C)C(=O)O)cc3ccoc23)cc1. The maximum absolute atomic E-state index is 13.3. The molecular formula is C25H28O5. The van der Waals surface area contributed by atoms with E-state index in [0.29, 0.717) is 34.4 Å². The van der Waals surface area contributed by atoms with Gasteiger partial charge in [0.05, 0.1) is 24.4 Å². The Kier molecular flexibility index (Phi) is 6.93. The summed E-state index contributed by atoms with van der Waals surface area (Å²) in [5.41, 5.74) is 2.65. The van der Waals surface area contributed by atoms with Crippen LogP contribution in [0.2, 0.25) is 0 Å². The molecule has 3 rings (SSSR count). The Balaban J connectivity index is 1.87. The van der Waals surface area contributed by atoms with Crippen molar-refractivity contribution in [3.8, 4) is 5.75 Å². The number of ether oxygens (including phenoxy) is 1. The number of hydrogen-bond acceptors (Lipinski definition) is 4. The van der Waals surface area contributed by atoms with Gasteiger partial charge in [-0.2, -0.15) is 0 Å². The molecule has 0 spiro atoms. The van der Waals surface area contributed by atoms with Crippen LogP contribution < -0.4 is 4.74 Å². The first kappa shape index (κ1) is 21.6. The van der Waals surface area contributed by atoms with Crippen LogP contribution in [0.15, 0.2) is 47.1 Å². The molecule has 5 heteroatoms. The molecule has 158 valence electrons. The second-order valence-electron chi connectivity index (χ2n) is 7.63. The van der Waals surface area contributed by atoms with Gasteiger partial charge in [-0.3, -0.25) is 9.59 Å². The summed E-state index contributed by atoms with van der Waals surface area (Å²) in [5.74, 6) is -1.11. The monoisotopic (exact) mass is 408 g/mol. The Morgan fingerprint density at radius 3 is 2.50 bits per heavy atom. The van der Waals surface area contributed by atoms with Crippen molar-refractivity contribution in [3.05, 3.63) is 64.9 Å². The second-order valence-corrected chi connectivity index (χ2v) is 7.63. The summed E-state index contributed by atoms with van der Waals surface area (Å²) in [6, 6.07) is 10.6. The van der Waals surface area contributed by atoms with Crippen molar-refractivity contribution >= 4 is 22.7 Å². The fourth-order valence-corrected chi connectivity index (χ4v) is 3.65. The van der Waals surface area contributed by atoms with Gasteiger partial charge in [0.25, 0.3) is 0 Å². The summed E-state index contributed by atoms with van der Waals surface area (Å²) in [6.45, 7) is 6.23. The number of rotatable bonds is 10. The molecule has 0 amide bonds. The van der Waals surface area contributed by atoms with Crippen molar-refractivity contribution < 1.29 is 23.8 Å². The fourth-order valence-electron chi connectivity index (χ4n) is 3.65. The van der Waals surface area contributed by atoms with E-state index in [-0.39, 0.29) is 5.78 Å². The molecule has 0 saturated carbocycles. The number of carbonyl (C=O) groups excluding carboxylic acids is 1. The molecule has 0 saturated heterocycles. The second kappa shape index (κ2) is 9.61. The molecule has 1 N–H and O–H groups in total. The summed E-state index contributed by atoms with van der Waals surface area (Å²) in [6.07, 6.45) is 6.07. The van der Waals surface area contributed by atoms with E-state index in [1.807, 2.05) is 0 Å². The molecule has 1 heterocycles. The molecule has 1 aromatic heterocycles. The Morgan fingerprint density at radius 1 is 1.10 bits per heavy atom. The highest BCUT2D eigenvalue weighted by atomic mass is 16.5. The third-order valence-corrected chi connectivity index (χ3v) is 5.49. The molecular weight excluding hydrogens is 380 g/mol. The number of ketones is 1. The minimum Gasteiger partial charge on any atom is -0.494 e. The molecule has 0 aliphatic carbocycles. The predicted octanol–water partition coefficient (Wildman–Crippen LogP) is 6.12. The van der Waals surface area contributed by atoms with Crippen LogP contribution in [0, 0.1) is 6.92 Å². The van der Waals surface area contributed by atoms with E-state index in [9.17, 15) is 14.7 Å². The Bertz CT molecular complexity index is 1030. The number of hydrogen-bond donors (Lipinski definition) is 1. The first-order chi connectivity index (χ1) is 14.4. The van der Waals surface area contributed by atoms with Gasteiger partial charge in [0.15, 0.2) is 5.78 Å². The highest BCUT2D eigenvalue weighted by Gasteiger charge is 2.25. The van der Waals surface area contributed by atoms with Crippen LogP contribution in [0.3, 0.4) is 0 Å². The number of benzene rings is 2. The van der Waals surface area contributed by atoms with Crippen molar-refractivity contribution in [3.63, 3.8) is 0 Å². The van der Waals surface area contributed by atoms with Crippen molar-refractivity contribution in [2.75, 3.05) is 6.61 Å². The van der Waals surface area contributed by atoms with Gasteiger partial charge in [0.2, 0.25) is 0 Å². The standard InChI is InChI=1S/C25H28O5/c1-4-5-6-7-13-29-20-10-8-18(9-11-20)23(26)22-16(2)21(17(3)25(27)28)15-19-12-14-30-24(19)22/h8-12,14-15,17H,4-7,13H2,1-3H3,(H,27,28). The van der Waals surface area contributed by atoms with Crippen molar-refractivity contribution in [2.45, 2.75) is 52.4 Å². The van der Waals surface area contributed by atoms with Crippen molar-refractivity contribution in [1.29, 1.82) is 0 Å². The van der Waals surface area contributed by atoms with Gasteiger partial charge in [-0.25, -0.2) is 0 Å². The Hall–Kier alpha value is -3.08. The molecule has 0 bridgehead atoms. The van der Waals surface area contributed by atoms with Crippen LogP contribution >= 0.6 is 0 Å². The average molecular weight is 408 g/mol. The Labute approximate surface area is 176 Å². The highest BCUT2D eigenvalue weighted by Crippen LogP contribution is 2.32. The van der Waals surface area contributed by atoms with Gasteiger partial charge in [-0.1, -0.05) is 26.2 Å². The van der Waals surface area contributed by atoms with Crippen LogP contribution in [-0.4, -0.2) is 23.5 Å². The molecule has 0 aliphatic rings. The zero-order valence-corrected chi connectivity index (χ0v) is 17.7. The number of carbonyl (C=O) groups is 2. The van der Waals surface area contributed by atoms with E-state index in [0.717, 1.165) is 24.0 Å². The maximum atomic E-state index is 13.3. The minimum atomic E-state index is -0.931. The van der Waals surface area contributed by atoms with Gasteiger partial charge in [0, 0.05) is 10.9 Å². The molecule has 0 fully saturated rings. The maximum Gasteiger partial charge on any atom is 0.310 e. The number of furan rings is 1. The van der Waals surface area contributed by atoms with Crippen LogP contribution in [0.1, 0.15) is 72.5 Å². The van der Waals surface area contributed by atoms with Gasteiger partial charge >= 0.3 is 5.97 Å². The Morgan fingerprint density at radius 2 is 1.83 bits per heavy atom. The number of carboxylic acid groups (broad SMARTS) is 1. The summed E-state index contributed by atoms with van der Waals surface area (Å²) < 4.78 is 11.3. The van der Waals surface area contributed by atoms with E-state index in [1.54, 1.807) is 50.2 Å². The normalized spacial score (nSPS) is 12.1. The third kappa shape index (κ3) is 4.56. The summed E-state index contributed by atoms with van der Waals surface area (Å²) >= 11 is 0. The van der Waals surface area contributed by atoms with E-state index in [2.05, 4.69) is 6.92 Å². The fraction of sp³-hybridized carbons (Fsp3) is 0.360. The summed E-state index contributed by atoms with van der Waals surface area (Å²) in [4.78, 5) is 24.9. The molecule has 1 unspecified atom stereocenters. The van der Waals surface area contributed by atoms with Crippen LogP contribution in [0.5, 0.6) is 5.75 Å². The number of aliphatic carboxylic acids is 1. The number of fused-ring (bicyclic) bond motifs is 1. The van der Waals surface area contributed by atoms with E-state index >= 15 is 0 Å². The first-order valence-corrected chi connectivity index (χ1v) is 10.4. The molecule has 1 atom stereocenters. The zero-order valence-electron chi connectivity index (χ0n) is 17.7. The van der Waals surface area contributed by atoms with Crippen LogP contribution in [-0.2, 0) is 4.79 Å². The lowest BCUT2D eigenvalue weighted by Crippen LogP contribution is -2.13. The van der Waals surface area contributed by atoms with Gasteiger partial charge in [-0.15, -0.1) is 0 Å². The van der Waals surface area contributed by atoms with Crippen LogP contribution in [0.4, 0.5) is 0 Å². The van der Waals surface area contributed by atoms with E-state index < -0.39 is 11.9 Å². The topological polar surface area (TPSA) is 76.7 Å². The van der Waals surface area contributed by atoms with Crippen molar-refractivity contribution in [2.24, 2.45) is 0 Å². The lowest BCUT2D eigenvalue weighted by Gasteiger charge is -2.15. The first-order valence-electron chi connectivity index (χ1n) is 10.4. The van der Waals surface area contributed by atoms with E-state index in [4.69, 9.17) is 9.15 Å². The third-order valence-electron chi connectivity index (χ3n) is 5.49.